The first kappa shape index (κ1) is 36.6. The number of hydrogen-bond donors (Lipinski definition) is 0. The number of carbonyl (C=O) groups is 2. The number of ketones is 1. The first-order chi connectivity index (χ1) is 26.8. The standard InChI is InChI=1S/C45H50N4O6/c1-32(2)54-36-13-8-12-34(26-36)27-41(50)48-24-20-45(31-48,40-30-53-42(55-40)28-33-10-4-3-5-11-33)19-23-47-21-17-35(18-22-47)43(51)44-46-38-15-6-7-16-39(38)49(44)29-37-14-9-25-52-37/h3-16,25-26,30,32,35,42H,17-24,27-29,31H2,1-2H3. The predicted octanol–water partition coefficient (Wildman–Crippen LogP) is 7.67. The largest absolute Gasteiger partial charge is 0.491 e. The molecule has 2 unspecified atom stereocenters. The van der Waals surface area contributed by atoms with Gasteiger partial charge >= 0.3 is 0 Å². The third-order valence-electron chi connectivity index (χ3n) is 11.3. The summed E-state index contributed by atoms with van der Waals surface area (Å²) < 4.78 is 26.2. The van der Waals surface area contributed by atoms with E-state index in [0.717, 1.165) is 84.7 Å². The van der Waals surface area contributed by atoms with Crippen molar-refractivity contribution in [3.8, 4) is 5.75 Å². The van der Waals surface area contributed by atoms with Crippen molar-refractivity contribution in [2.24, 2.45) is 11.3 Å². The molecule has 1 amide bonds. The highest BCUT2D eigenvalue weighted by Crippen LogP contribution is 2.45. The number of likely N-dealkylation sites (tertiary alicyclic amines) is 2. The van der Waals surface area contributed by atoms with Gasteiger partial charge in [0.05, 0.1) is 41.8 Å². The molecule has 0 radical (unpaired) electrons. The number of aromatic nitrogens is 2. The summed E-state index contributed by atoms with van der Waals surface area (Å²) in [5.41, 5.74) is 3.47. The van der Waals surface area contributed by atoms with Crippen LogP contribution in [0.5, 0.6) is 5.75 Å². The third kappa shape index (κ3) is 8.34. The summed E-state index contributed by atoms with van der Waals surface area (Å²) in [6.45, 7) is 8.15. The Morgan fingerprint density at radius 1 is 0.927 bits per heavy atom. The molecule has 10 heteroatoms. The number of Topliss-reactive ketones (excluding diaryl/α,β-unsaturated/α-hetero) is 1. The van der Waals surface area contributed by atoms with Crippen molar-refractivity contribution in [2.45, 2.75) is 71.3 Å². The molecule has 3 aromatic carbocycles. The van der Waals surface area contributed by atoms with Crippen molar-refractivity contribution in [2.75, 3.05) is 32.7 Å². The lowest BCUT2D eigenvalue weighted by atomic mass is 9.81. The molecule has 286 valence electrons. The zero-order valence-electron chi connectivity index (χ0n) is 31.8. The van der Waals surface area contributed by atoms with Gasteiger partial charge < -0.3 is 33.0 Å². The average Bonchev–Trinajstić information content (AvgIpc) is 4.03. The van der Waals surface area contributed by atoms with Crippen LogP contribution in [0.25, 0.3) is 11.0 Å². The monoisotopic (exact) mass is 742 g/mol. The Balaban J connectivity index is 0.930. The van der Waals surface area contributed by atoms with Gasteiger partial charge in [-0.2, -0.15) is 0 Å². The zero-order chi connectivity index (χ0) is 37.8. The number of fused-ring (bicyclic) bond motifs is 1. The fourth-order valence-electron chi connectivity index (χ4n) is 8.34. The Hall–Kier alpha value is -5.35. The molecule has 55 heavy (non-hydrogen) atoms. The molecule has 2 atom stereocenters. The first-order valence-corrected chi connectivity index (χ1v) is 19.7. The second-order valence-corrected chi connectivity index (χ2v) is 15.5. The molecule has 0 bridgehead atoms. The van der Waals surface area contributed by atoms with E-state index in [4.69, 9.17) is 23.6 Å². The van der Waals surface area contributed by atoms with Crippen LogP contribution in [0.1, 0.15) is 67.0 Å². The Kier molecular flexibility index (Phi) is 10.8. The minimum Gasteiger partial charge on any atom is -0.491 e. The molecule has 2 saturated heterocycles. The van der Waals surface area contributed by atoms with Gasteiger partial charge in [0.25, 0.3) is 0 Å². The number of piperidine rings is 1. The van der Waals surface area contributed by atoms with Crippen molar-refractivity contribution < 1.29 is 28.2 Å². The minimum absolute atomic E-state index is 0.0619. The fraction of sp³-hybridized carbons (Fsp3) is 0.400. The topological polar surface area (TPSA) is 99.3 Å². The van der Waals surface area contributed by atoms with Gasteiger partial charge in [0.1, 0.15) is 23.5 Å². The van der Waals surface area contributed by atoms with E-state index in [9.17, 15) is 9.59 Å². The second kappa shape index (κ2) is 16.2. The van der Waals surface area contributed by atoms with Gasteiger partial charge in [-0.05, 0) is 107 Å². The van der Waals surface area contributed by atoms with E-state index < -0.39 is 6.29 Å². The molecular weight excluding hydrogens is 693 g/mol. The number of ether oxygens (including phenoxy) is 3. The summed E-state index contributed by atoms with van der Waals surface area (Å²) in [7, 11) is 0. The average molecular weight is 743 g/mol. The van der Waals surface area contributed by atoms with Crippen molar-refractivity contribution in [3.63, 3.8) is 0 Å². The lowest BCUT2D eigenvalue weighted by molar-refractivity contribution is -0.129. The highest BCUT2D eigenvalue weighted by Gasteiger charge is 2.47. The van der Waals surface area contributed by atoms with Crippen LogP contribution >= 0.6 is 0 Å². The number of para-hydroxylation sites is 2. The van der Waals surface area contributed by atoms with E-state index in [-0.39, 0.29) is 29.1 Å². The van der Waals surface area contributed by atoms with Crippen LogP contribution in [0.15, 0.2) is 114 Å². The molecule has 5 heterocycles. The summed E-state index contributed by atoms with van der Waals surface area (Å²) in [4.78, 5) is 37.1. The van der Waals surface area contributed by atoms with Gasteiger partial charge in [0.15, 0.2) is 5.82 Å². The molecule has 2 aromatic heterocycles. The molecule has 3 aliphatic heterocycles. The summed E-state index contributed by atoms with van der Waals surface area (Å²) >= 11 is 0. The Morgan fingerprint density at radius 3 is 2.53 bits per heavy atom. The minimum atomic E-state index is -0.401. The molecule has 0 saturated carbocycles. The maximum Gasteiger partial charge on any atom is 0.244 e. The molecule has 0 N–H and O–H groups in total. The summed E-state index contributed by atoms with van der Waals surface area (Å²) in [6.07, 6.45) is 7.22. The van der Waals surface area contributed by atoms with Crippen LogP contribution in [0.4, 0.5) is 0 Å². The maximum atomic E-state index is 14.1. The first-order valence-electron chi connectivity index (χ1n) is 19.7. The highest BCUT2D eigenvalue weighted by atomic mass is 16.7. The maximum absolute atomic E-state index is 14.1. The van der Waals surface area contributed by atoms with E-state index in [1.807, 2.05) is 102 Å². The number of furan rings is 1. The van der Waals surface area contributed by atoms with Gasteiger partial charge in [0, 0.05) is 25.4 Å². The molecule has 0 spiro atoms. The predicted molar refractivity (Wildman–Crippen MR) is 209 cm³/mol. The third-order valence-corrected chi connectivity index (χ3v) is 11.3. The van der Waals surface area contributed by atoms with E-state index in [1.54, 1.807) is 12.5 Å². The van der Waals surface area contributed by atoms with Crippen LogP contribution in [0.2, 0.25) is 0 Å². The SMILES string of the molecule is CC(C)Oc1cccc(CC(=O)N2CCC(CCN3CCC(C(=O)c4nc5ccccc5n4Cc4ccco4)CC3)(C3=COC(Cc4ccccc4)O3)C2)c1. The Morgan fingerprint density at radius 2 is 1.73 bits per heavy atom. The number of benzene rings is 3. The van der Waals surface area contributed by atoms with E-state index in [1.165, 1.54) is 0 Å². The van der Waals surface area contributed by atoms with Crippen molar-refractivity contribution >= 4 is 22.7 Å². The van der Waals surface area contributed by atoms with Crippen LogP contribution in [0, 0.1) is 11.3 Å². The molecule has 8 rings (SSSR count). The molecule has 5 aromatic rings. The number of carbonyl (C=O) groups excluding carboxylic acids is 2. The summed E-state index contributed by atoms with van der Waals surface area (Å²) in [6, 6.07) is 29.8. The molecule has 0 aliphatic carbocycles. The lowest BCUT2D eigenvalue weighted by Gasteiger charge is -2.35. The molecule has 2 fully saturated rings. The molecular formula is C45H50N4O6. The number of rotatable bonds is 14. The number of imidazole rings is 1. The lowest BCUT2D eigenvalue weighted by Crippen LogP contribution is -2.41. The van der Waals surface area contributed by atoms with Gasteiger partial charge in [0.2, 0.25) is 18.0 Å². The van der Waals surface area contributed by atoms with Crippen molar-refractivity contribution in [1.82, 2.24) is 19.4 Å². The summed E-state index contributed by atoms with van der Waals surface area (Å²) in [5.74, 6) is 2.99. The highest BCUT2D eigenvalue weighted by molar-refractivity contribution is 5.98. The quantitative estimate of drug-likeness (QED) is 0.107. The number of hydrogen-bond acceptors (Lipinski definition) is 8. The molecule has 10 nitrogen and oxygen atoms in total. The smallest absolute Gasteiger partial charge is 0.244 e. The molecule has 3 aliphatic rings. The second-order valence-electron chi connectivity index (χ2n) is 15.5. The Bertz CT molecular complexity index is 2120. The van der Waals surface area contributed by atoms with E-state index >= 15 is 0 Å². The normalized spacial score (nSPS) is 20.5. The van der Waals surface area contributed by atoms with Gasteiger partial charge in [-0.25, -0.2) is 4.98 Å². The van der Waals surface area contributed by atoms with Crippen LogP contribution in [0.3, 0.4) is 0 Å². The Labute approximate surface area is 322 Å². The fourth-order valence-corrected chi connectivity index (χ4v) is 8.34. The number of amides is 1. The van der Waals surface area contributed by atoms with Crippen molar-refractivity contribution in [3.05, 3.63) is 132 Å². The van der Waals surface area contributed by atoms with E-state index in [0.29, 0.717) is 38.3 Å². The van der Waals surface area contributed by atoms with E-state index in [2.05, 4.69) is 17.0 Å². The van der Waals surface area contributed by atoms with Gasteiger partial charge in [-0.3, -0.25) is 9.59 Å². The van der Waals surface area contributed by atoms with Crippen molar-refractivity contribution in [1.29, 1.82) is 0 Å². The van der Waals surface area contributed by atoms with Crippen LogP contribution < -0.4 is 4.74 Å². The van der Waals surface area contributed by atoms with Crippen LogP contribution in [-0.2, 0) is 33.7 Å². The summed E-state index contributed by atoms with van der Waals surface area (Å²) in [5, 5.41) is 0. The van der Waals surface area contributed by atoms with Crippen LogP contribution in [-0.4, -0.2) is 76.2 Å². The number of nitrogens with zero attached hydrogens (tertiary/aromatic N) is 4. The zero-order valence-corrected chi connectivity index (χ0v) is 31.8. The van der Waals surface area contributed by atoms with Gasteiger partial charge in [-0.1, -0.05) is 54.6 Å². The van der Waals surface area contributed by atoms with Gasteiger partial charge in [-0.15, -0.1) is 0 Å².